The lowest BCUT2D eigenvalue weighted by Gasteiger charge is -2.47. The van der Waals surface area contributed by atoms with Crippen molar-refractivity contribution < 1.29 is 14.2 Å². The smallest absolute Gasteiger partial charge is 0.193 e. The summed E-state index contributed by atoms with van der Waals surface area (Å²) in [5.74, 6) is 0.314. The summed E-state index contributed by atoms with van der Waals surface area (Å²) in [5, 5.41) is 0. The van der Waals surface area contributed by atoms with Crippen LogP contribution in [0.4, 0.5) is 5.69 Å². The molecule has 0 aromatic heterocycles. The van der Waals surface area contributed by atoms with Crippen molar-refractivity contribution in [1.82, 2.24) is 4.90 Å². The Kier molecular flexibility index (Phi) is 4.06. The summed E-state index contributed by atoms with van der Waals surface area (Å²) in [4.78, 5) is 2.21. The van der Waals surface area contributed by atoms with Gasteiger partial charge in [0.1, 0.15) is 12.4 Å². The zero-order chi connectivity index (χ0) is 13.0. The van der Waals surface area contributed by atoms with Gasteiger partial charge in [0.15, 0.2) is 5.79 Å². The largest absolute Gasteiger partial charge is 0.490 e. The normalized spacial score (nSPS) is 18.3. The average molecular weight is 252 g/mol. The molecule has 0 amide bonds. The SMILES string of the molecule is COC1(OC)CN(CCOc2ccccc2N)C1. The van der Waals surface area contributed by atoms with Gasteiger partial charge in [-0.2, -0.15) is 0 Å². The predicted molar refractivity (Wildman–Crippen MR) is 69.5 cm³/mol. The van der Waals surface area contributed by atoms with Crippen LogP contribution in [0.2, 0.25) is 0 Å². The van der Waals surface area contributed by atoms with Crippen molar-refractivity contribution in [1.29, 1.82) is 0 Å². The third-order valence-electron chi connectivity index (χ3n) is 3.26. The van der Waals surface area contributed by atoms with E-state index in [0.29, 0.717) is 12.3 Å². The van der Waals surface area contributed by atoms with Crippen LogP contribution in [0.5, 0.6) is 5.75 Å². The third kappa shape index (κ3) is 2.75. The second-order valence-corrected chi connectivity index (χ2v) is 4.42. The molecule has 5 heteroatoms. The number of ether oxygens (including phenoxy) is 3. The monoisotopic (exact) mass is 252 g/mol. The highest BCUT2D eigenvalue weighted by Crippen LogP contribution is 2.25. The molecule has 1 fully saturated rings. The highest BCUT2D eigenvalue weighted by Gasteiger charge is 2.43. The number of anilines is 1. The van der Waals surface area contributed by atoms with Gasteiger partial charge in [0.2, 0.25) is 0 Å². The van der Waals surface area contributed by atoms with E-state index >= 15 is 0 Å². The van der Waals surface area contributed by atoms with Crippen molar-refractivity contribution in [3.8, 4) is 5.75 Å². The van der Waals surface area contributed by atoms with Gasteiger partial charge in [-0.25, -0.2) is 0 Å². The number of benzene rings is 1. The zero-order valence-corrected chi connectivity index (χ0v) is 10.9. The fourth-order valence-electron chi connectivity index (χ4n) is 2.03. The topological polar surface area (TPSA) is 57.0 Å². The number of likely N-dealkylation sites (tertiary alicyclic amines) is 1. The van der Waals surface area contributed by atoms with Crippen LogP contribution in [-0.2, 0) is 9.47 Å². The molecule has 18 heavy (non-hydrogen) atoms. The minimum atomic E-state index is -0.425. The molecule has 0 spiro atoms. The third-order valence-corrected chi connectivity index (χ3v) is 3.26. The highest BCUT2D eigenvalue weighted by atomic mass is 16.7. The standard InChI is InChI=1S/C13H20N2O3/c1-16-13(17-2)9-15(10-13)7-8-18-12-6-4-3-5-11(12)14/h3-6H,7-10,14H2,1-2H3. The van der Waals surface area contributed by atoms with E-state index in [9.17, 15) is 0 Å². The van der Waals surface area contributed by atoms with E-state index in [2.05, 4.69) is 4.90 Å². The van der Waals surface area contributed by atoms with Crippen LogP contribution in [-0.4, -0.2) is 51.1 Å². The van der Waals surface area contributed by atoms with Crippen molar-refractivity contribution in [2.45, 2.75) is 5.79 Å². The van der Waals surface area contributed by atoms with Gasteiger partial charge in [0, 0.05) is 20.8 Å². The molecule has 0 aliphatic carbocycles. The minimum absolute atomic E-state index is 0.425. The van der Waals surface area contributed by atoms with Crippen molar-refractivity contribution in [3.63, 3.8) is 0 Å². The average Bonchev–Trinajstić information content (AvgIpc) is 2.35. The van der Waals surface area contributed by atoms with Crippen LogP contribution in [0.1, 0.15) is 0 Å². The van der Waals surface area contributed by atoms with Crippen molar-refractivity contribution >= 4 is 5.69 Å². The molecule has 0 saturated carbocycles. The molecule has 1 aliphatic heterocycles. The Morgan fingerprint density at radius 1 is 1.22 bits per heavy atom. The molecule has 100 valence electrons. The first-order chi connectivity index (χ1) is 8.69. The molecule has 1 heterocycles. The van der Waals surface area contributed by atoms with Crippen LogP contribution >= 0.6 is 0 Å². The molecular weight excluding hydrogens is 232 g/mol. The lowest BCUT2D eigenvalue weighted by molar-refractivity contribution is -0.275. The number of nitrogens with two attached hydrogens (primary N) is 1. The van der Waals surface area contributed by atoms with Crippen molar-refractivity contribution in [2.75, 3.05) is 46.2 Å². The number of rotatable bonds is 6. The Balaban J connectivity index is 1.71. The molecule has 0 atom stereocenters. The second-order valence-electron chi connectivity index (χ2n) is 4.42. The Bertz CT molecular complexity index is 386. The van der Waals surface area contributed by atoms with Crippen LogP contribution < -0.4 is 10.5 Å². The molecule has 0 bridgehead atoms. The maximum Gasteiger partial charge on any atom is 0.193 e. The van der Waals surface area contributed by atoms with Crippen LogP contribution in [0.15, 0.2) is 24.3 Å². The number of hydrogen-bond acceptors (Lipinski definition) is 5. The molecule has 1 saturated heterocycles. The van der Waals surface area contributed by atoms with E-state index in [4.69, 9.17) is 19.9 Å². The van der Waals surface area contributed by atoms with E-state index in [1.807, 2.05) is 24.3 Å². The summed E-state index contributed by atoms with van der Waals surface area (Å²) in [5.41, 5.74) is 6.46. The second kappa shape index (κ2) is 5.56. The zero-order valence-electron chi connectivity index (χ0n) is 10.9. The van der Waals surface area contributed by atoms with Gasteiger partial charge in [-0.3, -0.25) is 4.90 Å². The summed E-state index contributed by atoms with van der Waals surface area (Å²) in [6.07, 6.45) is 0. The van der Waals surface area contributed by atoms with Crippen molar-refractivity contribution in [3.05, 3.63) is 24.3 Å². The first-order valence-electron chi connectivity index (χ1n) is 5.99. The molecule has 1 aromatic carbocycles. The lowest BCUT2D eigenvalue weighted by atomic mass is 10.1. The first-order valence-corrected chi connectivity index (χ1v) is 5.99. The molecule has 1 aliphatic rings. The van der Waals surface area contributed by atoms with Gasteiger partial charge in [-0.1, -0.05) is 12.1 Å². The Hall–Kier alpha value is -1.30. The number of nitrogen functional groups attached to an aromatic ring is 1. The van der Waals surface area contributed by atoms with E-state index in [1.165, 1.54) is 0 Å². The quantitative estimate of drug-likeness (QED) is 0.603. The first kappa shape index (κ1) is 13.1. The molecule has 2 rings (SSSR count). The Morgan fingerprint density at radius 2 is 1.89 bits per heavy atom. The van der Waals surface area contributed by atoms with Gasteiger partial charge in [-0.05, 0) is 12.1 Å². The molecule has 0 unspecified atom stereocenters. The summed E-state index contributed by atoms with van der Waals surface area (Å²) in [6, 6.07) is 7.51. The van der Waals surface area contributed by atoms with Crippen LogP contribution in [0, 0.1) is 0 Å². The van der Waals surface area contributed by atoms with Gasteiger partial charge < -0.3 is 19.9 Å². The molecule has 0 radical (unpaired) electrons. The van der Waals surface area contributed by atoms with Gasteiger partial charge in [0.05, 0.1) is 18.8 Å². The number of methoxy groups -OCH3 is 2. The molecule has 5 nitrogen and oxygen atoms in total. The molecule has 2 N–H and O–H groups in total. The van der Waals surface area contributed by atoms with Crippen molar-refractivity contribution in [2.24, 2.45) is 0 Å². The number of para-hydroxylation sites is 2. The molecular formula is C13H20N2O3. The Morgan fingerprint density at radius 3 is 2.50 bits per heavy atom. The fraction of sp³-hybridized carbons (Fsp3) is 0.538. The van der Waals surface area contributed by atoms with E-state index in [0.717, 1.165) is 25.4 Å². The lowest BCUT2D eigenvalue weighted by Crippen LogP contribution is -2.64. The number of nitrogens with zero attached hydrogens (tertiary/aromatic N) is 1. The van der Waals surface area contributed by atoms with Crippen LogP contribution in [0.3, 0.4) is 0 Å². The summed E-state index contributed by atoms with van der Waals surface area (Å²) >= 11 is 0. The van der Waals surface area contributed by atoms with Gasteiger partial charge in [0.25, 0.3) is 0 Å². The van der Waals surface area contributed by atoms with Gasteiger partial charge >= 0.3 is 0 Å². The van der Waals surface area contributed by atoms with E-state index in [-0.39, 0.29) is 0 Å². The van der Waals surface area contributed by atoms with Gasteiger partial charge in [-0.15, -0.1) is 0 Å². The molecule has 1 aromatic rings. The number of hydrogen-bond donors (Lipinski definition) is 1. The summed E-state index contributed by atoms with van der Waals surface area (Å²) in [6.45, 7) is 2.99. The van der Waals surface area contributed by atoms with E-state index < -0.39 is 5.79 Å². The summed E-state index contributed by atoms with van der Waals surface area (Å²) in [7, 11) is 3.34. The highest BCUT2D eigenvalue weighted by molar-refractivity contribution is 5.51. The predicted octanol–water partition coefficient (Wildman–Crippen LogP) is 0.952. The van der Waals surface area contributed by atoms with E-state index in [1.54, 1.807) is 14.2 Å². The fourth-order valence-corrected chi connectivity index (χ4v) is 2.03. The van der Waals surface area contributed by atoms with Crippen LogP contribution in [0.25, 0.3) is 0 Å². The Labute approximate surface area is 107 Å². The maximum absolute atomic E-state index is 5.79. The summed E-state index contributed by atoms with van der Waals surface area (Å²) < 4.78 is 16.3. The maximum atomic E-state index is 5.79. The minimum Gasteiger partial charge on any atom is -0.490 e.